The second-order valence-electron chi connectivity index (χ2n) is 6.12. The number of imidazole rings is 1. The lowest BCUT2D eigenvalue weighted by atomic mass is 9.91. The first kappa shape index (κ1) is 13.8. The Kier molecular flexibility index (Phi) is 2.74. The molecule has 6 nitrogen and oxygen atoms in total. The number of nitrogens with one attached hydrogen (secondary N) is 2. The minimum atomic E-state index is -0.829. The first-order chi connectivity index (χ1) is 12.3. The highest BCUT2D eigenvalue weighted by atomic mass is 16.2. The third-order valence-corrected chi connectivity index (χ3v) is 4.79. The average Bonchev–Trinajstić information content (AvgIpc) is 3.21. The molecule has 1 aliphatic heterocycles. The quantitative estimate of drug-likeness (QED) is 0.563. The molecule has 0 saturated carbocycles. The average molecular weight is 327 g/mol. The molecule has 1 amide bonds. The molecule has 1 aliphatic rings. The lowest BCUT2D eigenvalue weighted by molar-refractivity contribution is -0.119. The van der Waals surface area contributed by atoms with Crippen molar-refractivity contribution in [2.75, 3.05) is 5.32 Å². The van der Waals surface area contributed by atoms with Gasteiger partial charge >= 0.3 is 0 Å². The number of H-pyrrole nitrogens is 1. The molecule has 0 radical (unpaired) electrons. The Hall–Kier alpha value is -3.59. The number of benzene rings is 2. The molecule has 0 saturated heterocycles. The predicted molar refractivity (Wildman–Crippen MR) is 93.9 cm³/mol. The van der Waals surface area contributed by atoms with Gasteiger partial charge in [0.1, 0.15) is 0 Å². The second-order valence-corrected chi connectivity index (χ2v) is 6.12. The number of amides is 1. The van der Waals surface area contributed by atoms with Gasteiger partial charge in [0, 0.05) is 22.7 Å². The smallest absolute Gasteiger partial charge is 0.246 e. The standard InChI is InChI=1S/C19H13N5O/c20-9-12-17(13-10-21-14-6-2-1-5-11(13)14)24-16-8-4-3-7-15(16)22-19(24)23-18(12)25/h1-8,10,12,17,21H,(H,22,23,25)/t12-,17-/m1/s1. The van der Waals surface area contributed by atoms with E-state index in [1.165, 1.54) is 0 Å². The van der Waals surface area contributed by atoms with Crippen LogP contribution in [0.25, 0.3) is 21.9 Å². The normalized spacial score (nSPS) is 19.6. The molecule has 0 bridgehead atoms. The van der Waals surface area contributed by atoms with Crippen LogP contribution in [0.1, 0.15) is 11.6 Å². The summed E-state index contributed by atoms with van der Waals surface area (Å²) in [6.07, 6.45) is 1.89. The molecule has 2 aromatic carbocycles. The molecule has 0 spiro atoms. The SMILES string of the molecule is N#C[C@H]1C(=O)Nc2nc3ccccc3n2[C@H]1c1c[nH]c2ccccc12. The Balaban J connectivity index is 1.85. The zero-order valence-corrected chi connectivity index (χ0v) is 13.1. The summed E-state index contributed by atoms with van der Waals surface area (Å²) in [5.41, 5.74) is 3.59. The van der Waals surface area contributed by atoms with Gasteiger partial charge in [-0.15, -0.1) is 0 Å². The molecule has 2 atom stereocenters. The monoisotopic (exact) mass is 327 g/mol. The highest BCUT2D eigenvalue weighted by Gasteiger charge is 2.39. The maximum atomic E-state index is 12.5. The number of rotatable bonds is 1. The molecule has 0 fully saturated rings. The van der Waals surface area contributed by atoms with E-state index in [-0.39, 0.29) is 5.91 Å². The number of para-hydroxylation sites is 3. The highest BCUT2D eigenvalue weighted by Crippen LogP contribution is 2.40. The number of aromatic nitrogens is 3. The number of anilines is 1. The number of nitriles is 1. The predicted octanol–water partition coefficient (Wildman–Crippen LogP) is 3.20. The van der Waals surface area contributed by atoms with E-state index < -0.39 is 12.0 Å². The van der Waals surface area contributed by atoms with Gasteiger partial charge in [0.2, 0.25) is 11.9 Å². The van der Waals surface area contributed by atoms with Crippen molar-refractivity contribution in [2.24, 2.45) is 5.92 Å². The zero-order valence-electron chi connectivity index (χ0n) is 13.1. The number of aromatic amines is 1. The summed E-state index contributed by atoms with van der Waals surface area (Å²) in [5, 5.41) is 13.5. The van der Waals surface area contributed by atoms with E-state index in [0.29, 0.717) is 5.95 Å². The van der Waals surface area contributed by atoms with Gasteiger partial charge in [-0.1, -0.05) is 30.3 Å². The van der Waals surface area contributed by atoms with Crippen molar-refractivity contribution in [3.8, 4) is 6.07 Å². The topological polar surface area (TPSA) is 86.5 Å². The van der Waals surface area contributed by atoms with Crippen molar-refractivity contribution >= 4 is 33.8 Å². The fraction of sp³-hybridized carbons (Fsp3) is 0.105. The molecular formula is C19H13N5O. The molecule has 3 heterocycles. The van der Waals surface area contributed by atoms with Crippen LogP contribution in [0.2, 0.25) is 0 Å². The van der Waals surface area contributed by atoms with Crippen molar-refractivity contribution in [2.45, 2.75) is 6.04 Å². The van der Waals surface area contributed by atoms with Crippen LogP contribution in [0.5, 0.6) is 0 Å². The van der Waals surface area contributed by atoms with Crippen LogP contribution in [0, 0.1) is 17.2 Å². The summed E-state index contributed by atoms with van der Waals surface area (Å²) >= 11 is 0. The van der Waals surface area contributed by atoms with E-state index in [4.69, 9.17) is 0 Å². The van der Waals surface area contributed by atoms with Gasteiger partial charge in [-0.3, -0.25) is 10.1 Å². The third-order valence-electron chi connectivity index (χ3n) is 4.79. The van der Waals surface area contributed by atoms with Gasteiger partial charge in [0.15, 0.2) is 5.92 Å². The largest absolute Gasteiger partial charge is 0.361 e. The van der Waals surface area contributed by atoms with Crippen LogP contribution in [0.15, 0.2) is 54.7 Å². The molecule has 25 heavy (non-hydrogen) atoms. The number of carbonyl (C=O) groups excluding carboxylic acids is 1. The van der Waals surface area contributed by atoms with Crippen molar-refractivity contribution in [3.63, 3.8) is 0 Å². The van der Waals surface area contributed by atoms with E-state index in [1.54, 1.807) is 0 Å². The first-order valence-electron chi connectivity index (χ1n) is 8.01. The van der Waals surface area contributed by atoms with Crippen LogP contribution < -0.4 is 5.32 Å². The molecule has 4 aromatic rings. The first-order valence-corrected chi connectivity index (χ1v) is 8.01. The van der Waals surface area contributed by atoms with E-state index in [1.807, 2.05) is 59.3 Å². The van der Waals surface area contributed by atoms with Crippen molar-refractivity contribution in [1.29, 1.82) is 5.26 Å². The van der Waals surface area contributed by atoms with Crippen LogP contribution >= 0.6 is 0 Å². The number of carbonyl (C=O) groups is 1. The minimum Gasteiger partial charge on any atom is -0.361 e. The Morgan fingerprint density at radius 2 is 1.92 bits per heavy atom. The molecule has 5 rings (SSSR count). The molecule has 2 N–H and O–H groups in total. The van der Waals surface area contributed by atoms with Crippen LogP contribution in [-0.4, -0.2) is 20.4 Å². The number of hydrogen-bond acceptors (Lipinski definition) is 3. The molecule has 120 valence electrons. The number of nitrogens with zero attached hydrogens (tertiary/aromatic N) is 3. The summed E-state index contributed by atoms with van der Waals surface area (Å²) in [6, 6.07) is 17.3. The van der Waals surface area contributed by atoms with Gasteiger partial charge < -0.3 is 9.55 Å². The van der Waals surface area contributed by atoms with Crippen molar-refractivity contribution in [1.82, 2.24) is 14.5 Å². The van der Waals surface area contributed by atoms with E-state index >= 15 is 0 Å². The van der Waals surface area contributed by atoms with E-state index in [0.717, 1.165) is 27.5 Å². The summed E-state index contributed by atoms with van der Waals surface area (Å²) in [7, 11) is 0. The minimum absolute atomic E-state index is 0.319. The molecule has 2 aromatic heterocycles. The molecule has 6 heteroatoms. The highest BCUT2D eigenvalue weighted by molar-refractivity contribution is 5.98. The lowest BCUT2D eigenvalue weighted by Crippen LogP contribution is -2.37. The van der Waals surface area contributed by atoms with E-state index in [9.17, 15) is 10.1 Å². The Morgan fingerprint density at radius 1 is 1.12 bits per heavy atom. The van der Waals surface area contributed by atoms with Gasteiger partial charge in [-0.05, 0) is 18.2 Å². The summed E-state index contributed by atoms with van der Waals surface area (Å²) in [5.74, 6) is -0.669. The van der Waals surface area contributed by atoms with Crippen LogP contribution in [-0.2, 0) is 4.79 Å². The van der Waals surface area contributed by atoms with Gasteiger partial charge in [-0.2, -0.15) is 5.26 Å². The molecule has 0 aliphatic carbocycles. The number of fused-ring (bicyclic) bond motifs is 4. The maximum Gasteiger partial charge on any atom is 0.246 e. The Morgan fingerprint density at radius 3 is 2.80 bits per heavy atom. The summed E-state index contributed by atoms with van der Waals surface area (Å²) in [4.78, 5) is 20.3. The van der Waals surface area contributed by atoms with Crippen molar-refractivity contribution in [3.05, 3.63) is 60.3 Å². The van der Waals surface area contributed by atoms with Crippen LogP contribution in [0.3, 0.4) is 0 Å². The number of hydrogen-bond donors (Lipinski definition) is 2. The Labute approximate surface area is 142 Å². The van der Waals surface area contributed by atoms with Crippen molar-refractivity contribution < 1.29 is 4.79 Å². The van der Waals surface area contributed by atoms with Crippen LogP contribution in [0.4, 0.5) is 5.95 Å². The second kappa shape index (κ2) is 4.95. The fourth-order valence-electron chi connectivity index (χ4n) is 3.68. The van der Waals surface area contributed by atoms with Gasteiger partial charge in [0.05, 0.1) is 23.1 Å². The maximum absolute atomic E-state index is 12.5. The van der Waals surface area contributed by atoms with Gasteiger partial charge in [0.25, 0.3) is 0 Å². The zero-order chi connectivity index (χ0) is 17.0. The lowest BCUT2D eigenvalue weighted by Gasteiger charge is -2.29. The third kappa shape index (κ3) is 1.83. The summed E-state index contributed by atoms with van der Waals surface area (Å²) in [6.45, 7) is 0. The molecule has 0 unspecified atom stereocenters. The fourth-order valence-corrected chi connectivity index (χ4v) is 3.68. The summed E-state index contributed by atoms with van der Waals surface area (Å²) < 4.78 is 1.96. The van der Waals surface area contributed by atoms with E-state index in [2.05, 4.69) is 21.4 Å². The Bertz CT molecular complexity index is 1180. The van der Waals surface area contributed by atoms with Gasteiger partial charge in [-0.25, -0.2) is 4.98 Å². The molecular weight excluding hydrogens is 314 g/mol.